The van der Waals surface area contributed by atoms with Crippen molar-refractivity contribution in [2.75, 3.05) is 26.2 Å². The molecule has 3 unspecified atom stereocenters. The zero-order valence-corrected chi connectivity index (χ0v) is 13.5. The molecule has 3 heteroatoms. The minimum absolute atomic E-state index is 0.758. The van der Waals surface area contributed by atoms with Crippen molar-refractivity contribution in [1.29, 1.82) is 0 Å². The number of nitrogens with zero attached hydrogens (tertiary/aromatic N) is 2. The summed E-state index contributed by atoms with van der Waals surface area (Å²) in [4.78, 5) is 5.60. The number of likely N-dealkylation sites (tertiary alicyclic amines) is 1. The van der Waals surface area contributed by atoms with Crippen molar-refractivity contribution in [1.82, 2.24) is 15.1 Å². The summed E-state index contributed by atoms with van der Waals surface area (Å²) in [6.45, 7) is 9.82. The summed E-state index contributed by atoms with van der Waals surface area (Å²) in [5.74, 6) is 0. The Labute approximate surface area is 125 Å². The number of piperidine rings is 2. The molecular formula is C17H33N3. The molecule has 0 saturated carbocycles. The lowest BCUT2D eigenvalue weighted by Gasteiger charge is -2.43. The Balaban J connectivity index is 1.53. The van der Waals surface area contributed by atoms with Gasteiger partial charge in [0.1, 0.15) is 0 Å². The summed E-state index contributed by atoms with van der Waals surface area (Å²) in [5.41, 5.74) is 0. The first-order valence-electron chi connectivity index (χ1n) is 9.01. The smallest absolute Gasteiger partial charge is 0.0195 e. The van der Waals surface area contributed by atoms with E-state index in [1.807, 2.05) is 0 Å². The number of hydrogen-bond acceptors (Lipinski definition) is 3. The molecular weight excluding hydrogens is 246 g/mol. The zero-order valence-electron chi connectivity index (χ0n) is 13.5. The van der Waals surface area contributed by atoms with Gasteiger partial charge in [0.05, 0.1) is 0 Å². The second-order valence-electron chi connectivity index (χ2n) is 7.25. The fourth-order valence-corrected chi connectivity index (χ4v) is 4.81. The highest BCUT2D eigenvalue weighted by Crippen LogP contribution is 2.36. The van der Waals surface area contributed by atoms with Crippen LogP contribution < -0.4 is 5.32 Å². The van der Waals surface area contributed by atoms with Crippen LogP contribution in [0, 0.1) is 0 Å². The van der Waals surface area contributed by atoms with E-state index in [0.29, 0.717) is 0 Å². The summed E-state index contributed by atoms with van der Waals surface area (Å²) in [6, 6.07) is 3.28. The molecule has 0 aromatic carbocycles. The van der Waals surface area contributed by atoms with Crippen LogP contribution in [0.4, 0.5) is 0 Å². The van der Waals surface area contributed by atoms with Gasteiger partial charge in [-0.25, -0.2) is 0 Å². The Kier molecular flexibility index (Phi) is 5.00. The second kappa shape index (κ2) is 6.76. The first kappa shape index (κ1) is 14.8. The van der Waals surface area contributed by atoms with Crippen LogP contribution in [0.15, 0.2) is 0 Å². The van der Waals surface area contributed by atoms with Crippen molar-refractivity contribution in [3.8, 4) is 0 Å². The van der Waals surface area contributed by atoms with E-state index in [9.17, 15) is 0 Å². The normalized spacial score (nSPS) is 37.2. The van der Waals surface area contributed by atoms with Gasteiger partial charge in [-0.15, -0.1) is 0 Å². The van der Waals surface area contributed by atoms with Gasteiger partial charge in [-0.05, 0) is 65.1 Å². The highest BCUT2D eigenvalue weighted by Gasteiger charge is 2.41. The van der Waals surface area contributed by atoms with Crippen molar-refractivity contribution in [2.24, 2.45) is 0 Å². The Morgan fingerprint density at radius 1 is 1.05 bits per heavy atom. The van der Waals surface area contributed by atoms with Gasteiger partial charge >= 0.3 is 0 Å². The van der Waals surface area contributed by atoms with Crippen LogP contribution in [0.3, 0.4) is 0 Å². The molecule has 3 atom stereocenters. The molecule has 1 N–H and O–H groups in total. The molecule has 116 valence electrons. The SMILES string of the molecule is CCNC1CC2CCC(C1)N2CC(C)N1CCCCC1. The molecule has 0 aromatic rings. The number of hydrogen-bond donors (Lipinski definition) is 1. The van der Waals surface area contributed by atoms with E-state index in [2.05, 4.69) is 29.0 Å². The van der Waals surface area contributed by atoms with E-state index in [0.717, 1.165) is 30.7 Å². The fourth-order valence-electron chi connectivity index (χ4n) is 4.81. The molecule has 3 saturated heterocycles. The van der Waals surface area contributed by atoms with Crippen LogP contribution >= 0.6 is 0 Å². The molecule has 0 aromatic heterocycles. The van der Waals surface area contributed by atoms with Crippen LogP contribution in [-0.4, -0.2) is 60.1 Å². The average Bonchev–Trinajstić information content (AvgIpc) is 2.71. The average molecular weight is 279 g/mol. The van der Waals surface area contributed by atoms with E-state index in [1.54, 1.807) is 0 Å². The Morgan fingerprint density at radius 3 is 2.30 bits per heavy atom. The maximum atomic E-state index is 3.69. The lowest BCUT2D eigenvalue weighted by atomic mass is 9.96. The van der Waals surface area contributed by atoms with E-state index < -0.39 is 0 Å². The van der Waals surface area contributed by atoms with Crippen molar-refractivity contribution < 1.29 is 0 Å². The summed E-state index contributed by atoms with van der Waals surface area (Å²) in [7, 11) is 0. The molecule has 20 heavy (non-hydrogen) atoms. The summed E-state index contributed by atoms with van der Waals surface area (Å²) < 4.78 is 0. The molecule has 3 aliphatic rings. The third-order valence-corrected chi connectivity index (χ3v) is 5.87. The second-order valence-corrected chi connectivity index (χ2v) is 7.25. The maximum Gasteiger partial charge on any atom is 0.0195 e. The van der Waals surface area contributed by atoms with Gasteiger partial charge in [-0.1, -0.05) is 13.3 Å². The van der Waals surface area contributed by atoms with Crippen LogP contribution in [0.5, 0.6) is 0 Å². The molecule has 3 aliphatic heterocycles. The van der Waals surface area contributed by atoms with Gasteiger partial charge < -0.3 is 5.32 Å². The largest absolute Gasteiger partial charge is 0.314 e. The summed E-state index contributed by atoms with van der Waals surface area (Å²) >= 11 is 0. The van der Waals surface area contributed by atoms with E-state index in [1.165, 1.54) is 64.6 Å². The summed E-state index contributed by atoms with van der Waals surface area (Å²) in [6.07, 6.45) is 9.94. The summed E-state index contributed by atoms with van der Waals surface area (Å²) in [5, 5.41) is 3.69. The third-order valence-electron chi connectivity index (χ3n) is 5.87. The van der Waals surface area contributed by atoms with Gasteiger partial charge in [0.25, 0.3) is 0 Å². The number of rotatable bonds is 5. The van der Waals surface area contributed by atoms with Crippen LogP contribution in [0.25, 0.3) is 0 Å². The molecule has 0 aliphatic carbocycles. The predicted octanol–water partition coefficient (Wildman–Crippen LogP) is 2.47. The Hall–Kier alpha value is -0.120. The molecule has 3 rings (SSSR count). The van der Waals surface area contributed by atoms with Crippen molar-refractivity contribution in [2.45, 2.75) is 83.0 Å². The predicted molar refractivity (Wildman–Crippen MR) is 85.1 cm³/mol. The van der Waals surface area contributed by atoms with E-state index in [-0.39, 0.29) is 0 Å². The Morgan fingerprint density at radius 2 is 1.70 bits per heavy atom. The fraction of sp³-hybridized carbons (Fsp3) is 1.00. The third kappa shape index (κ3) is 3.20. The van der Waals surface area contributed by atoms with Gasteiger partial charge in [-0.2, -0.15) is 0 Å². The topological polar surface area (TPSA) is 18.5 Å². The molecule has 3 nitrogen and oxygen atoms in total. The highest BCUT2D eigenvalue weighted by molar-refractivity contribution is 4.98. The molecule has 3 fully saturated rings. The van der Waals surface area contributed by atoms with E-state index >= 15 is 0 Å². The van der Waals surface area contributed by atoms with E-state index in [4.69, 9.17) is 0 Å². The maximum absolute atomic E-state index is 3.69. The van der Waals surface area contributed by atoms with Gasteiger partial charge in [-0.3, -0.25) is 9.80 Å². The van der Waals surface area contributed by atoms with Gasteiger partial charge in [0.15, 0.2) is 0 Å². The molecule has 2 bridgehead atoms. The van der Waals surface area contributed by atoms with Crippen molar-refractivity contribution in [3.63, 3.8) is 0 Å². The minimum Gasteiger partial charge on any atom is -0.314 e. The number of fused-ring (bicyclic) bond motifs is 2. The highest BCUT2D eigenvalue weighted by atomic mass is 15.3. The van der Waals surface area contributed by atoms with Gasteiger partial charge in [0, 0.05) is 30.7 Å². The van der Waals surface area contributed by atoms with Crippen molar-refractivity contribution >= 4 is 0 Å². The minimum atomic E-state index is 0.758. The molecule has 0 amide bonds. The van der Waals surface area contributed by atoms with Crippen molar-refractivity contribution in [3.05, 3.63) is 0 Å². The molecule has 3 heterocycles. The first-order chi connectivity index (χ1) is 9.78. The number of nitrogens with one attached hydrogen (secondary N) is 1. The van der Waals surface area contributed by atoms with Crippen LogP contribution in [0.1, 0.15) is 58.8 Å². The quantitative estimate of drug-likeness (QED) is 0.834. The Bertz CT molecular complexity index is 287. The molecule has 0 spiro atoms. The van der Waals surface area contributed by atoms with Crippen LogP contribution in [-0.2, 0) is 0 Å². The first-order valence-corrected chi connectivity index (χ1v) is 9.01. The lowest BCUT2D eigenvalue weighted by Crippen LogP contribution is -2.53. The lowest BCUT2D eigenvalue weighted by molar-refractivity contribution is 0.0683. The van der Waals surface area contributed by atoms with Crippen LogP contribution in [0.2, 0.25) is 0 Å². The zero-order chi connectivity index (χ0) is 13.9. The molecule has 0 radical (unpaired) electrons. The standard InChI is InChI=1S/C17H33N3/c1-3-18-15-11-16-7-8-17(12-15)20(16)13-14(2)19-9-5-4-6-10-19/h14-18H,3-13H2,1-2H3. The van der Waals surface area contributed by atoms with Gasteiger partial charge in [0.2, 0.25) is 0 Å². The monoisotopic (exact) mass is 279 g/mol.